The van der Waals surface area contributed by atoms with E-state index in [0.717, 1.165) is 20.8 Å². The van der Waals surface area contributed by atoms with Gasteiger partial charge in [0.25, 0.3) is 0 Å². The van der Waals surface area contributed by atoms with Gasteiger partial charge >= 0.3 is 0 Å². The van der Waals surface area contributed by atoms with Gasteiger partial charge in [0.1, 0.15) is 0 Å². The van der Waals surface area contributed by atoms with Gasteiger partial charge in [-0.05, 0) is 37.5 Å². The summed E-state index contributed by atoms with van der Waals surface area (Å²) in [5.74, 6) is 0.450. The Labute approximate surface area is 159 Å². The Morgan fingerprint density at radius 2 is 1.73 bits per heavy atom. The molecule has 3 aromatic rings. The van der Waals surface area contributed by atoms with Gasteiger partial charge in [-0.25, -0.2) is 4.98 Å². The average molecular weight is 367 g/mol. The van der Waals surface area contributed by atoms with E-state index in [1.54, 1.807) is 11.3 Å². The number of rotatable bonds is 6. The fourth-order valence-corrected chi connectivity index (χ4v) is 4.07. The lowest BCUT2D eigenvalue weighted by atomic mass is 9.78. The van der Waals surface area contributed by atoms with Crippen molar-refractivity contribution in [1.82, 2.24) is 10.3 Å². The second kappa shape index (κ2) is 7.58. The van der Waals surface area contributed by atoms with Gasteiger partial charge in [-0.1, -0.05) is 56.3 Å². The molecule has 3 rings (SSSR count). The molecular formula is C22H26N2OS. The first kappa shape index (κ1) is 18.6. The summed E-state index contributed by atoms with van der Waals surface area (Å²) in [4.78, 5) is 18.0. The molecule has 0 aliphatic heterocycles. The molecular weight excluding hydrogens is 340 g/mol. The zero-order valence-electron chi connectivity index (χ0n) is 15.8. The van der Waals surface area contributed by atoms with Crippen LogP contribution in [0.15, 0.2) is 54.6 Å². The molecule has 1 heterocycles. The highest BCUT2D eigenvalue weighted by molar-refractivity contribution is 7.18. The Kier molecular flexibility index (Phi) is 5.42. The molecule has 0 radical (unpaired) electrons. The van der Waals surface area contributed by atoms with Crippen LogP contribution in [-0.4, -0.2) is 16.9 Å². The molecule has 0 bridgehead atoms. The fourth-order valence-electron chi connectivity index (χ4n) is 2.95. The molecule has 1 N–H and O–H groups in total. The minimum absolute atomic E-state index is 0.0594. The maximum absolute atomic E-state index is 13.3. The van der Waals surface area contributed by atoms with Crippen molar-refractivity contribution in [3.05, 3.63) is 65.2 Å². The van der Waals surface area contributed by atoms with Crippen LogP contribution in [0.2, 0.25) is 0 Å². The number of aromatic nitrogens is 1. The third-order valence-corrected chi connectivity index (χ3v) is 6.15. The maximum Gasteiger partial charge on any atom is 0.231 e. The van der Waals surface area contributed by atoms with E-state index in [0.29, 0.717) is 12.3 Å². The molecule has 2 aromatic carbocycles. The smallest absolute Gasteiger partial charge is 0.231 e. The van der Waals surface area contributed by atoms with Gasteiger partial charge in [0.05, 0.1) is 20.6 Å². The van der Waals surface area contributed by atoms with Crippen molar-refractivity contribution < 1.29 is 4.79 Å². The Balaban J connectivity index is 1.96. The number of hydrogen-bond acceptors (Lipinski definition) is 3. The van der Waals surface area contributed by atoms with Crippen LogP contribution in [0.5, 0.6) is 0 Å². The highest BCUT2D eigenvalue weighted by atomic mass is 32.1. The van der Waals surface area contributed by atoms with E-state index in [1.165, 1.54) is 0 Å². The quantitative estimate of drug-likeness (QED) is 0.670. The Morgan fingerprint density at radius 1 is 1.08 bits per heavy atom. The second-order valence-electron chi connectivity index (χ2n) is 7.46. The van der Waals surface area contributed by atoms with E-state index in [1.807, 2.05) is 55.5 Å². The molecule has 3 nitrogen and oxygen atoms in total. The minimum atomic E-state index is -0.654. The first-order valence-corrected chi connectivity index (χ1v) is 9.93. The number of amides is 1. The molecule has 1 aromatic heterocycles. The van der Waals surface area contributed by atoms with Crippen LogP contribution in [0.3, 0.4) is 0 Å². The Bertz CT molecular complexity index is 854. The van der Waals surface area contributed by atoms with Crippen molar-refractivity contribution in [2.75, 3.05) is 0 Å². The summed E-state index contributed by atoms with van der Waals surface area (Å²) in [7, 11) is 0. The number of hydrogen-bond donors (Lipinski definition) is 1. The molecule has 0 aliphatic carbocycles. The monoisotopic (exact) mass is 366 g/mol. The van der Waals surface area contributed by atoms with Gasteiger partial charge in [0, 0.05) is 12.5 Å². The van der Waals surface area contributed by atoms with Crippen molar-refractivity contribution in [2.24, 2.45) is 5.92 Å². The first-order valence-electron chi connectivity index (χ1n) is 9.11. The minimum Gasteiger partial charge on any atom is -0.353 e. The molecule has 0 saturated carbocycles. The summed E-state index contributed by atoms with van der Waals surface area (Å²) in [6, 6.07) is 18.3. The molecule has 2 unspecified atom stereocenters. The van der Waals surface area contributed by atoms with Crippen molar-refractivity contribution >= 4 is 27.5 Å². The van der Waals surface area contributed by atoms with E-state index >= 15 is 0 Å². The molecule has 26 heavy (non-hydrogen) atoms. The number of carbonyl (C=O) groups excluding carboxylic acids is 1. The summed E-state index contributed by atoms with van der Waals surface area (Å²) in [5, 5.41) is 4.20. The highest BCUT2D eigenvalue weighted by Gasteiger charge is 2.37. The zero-order valence-corrected chi connectivity index (χ0v) is 16.6. The Hall–Kier alpha value is -2.20. The second-order valence-corrected chi connectivity index (χ2v) is 8.57. The van der Waals surface area contributed by atoms with Crippen LogP contribution < -0.4 is 5.32 Å². The predicted octanol–water partition coefficient (Wildman–Crippen LogP) is 4.96. The largest absolute Gasteiger partial charge is 0.353 e. The molecule has 1 amide bonds. The average Bonchev–Trinajstić information content (AvgIpc) is 3.04. The van der Waals surface area contributed by atoms with Crippen molar-refractivity contribution in [3.63, 3.8) is 0 Å². The number of fused-ring (bicyclic) bond motifs is 1. The number of nitrogens with zero attached hydrogens (tertiary/aromatic N) is 1. The third-order valence-electron chi connectivity index (χ3n) is 5.11. The third kappa shape index (κ3) is 3.80. The SMILES string of the molecule is CC(C)C(C)NC(=O)C(C)(Cc1nc2ccccc2s1)c1ccccc1. The van der Waals surface area contributed by atoms with Crippen molar-refractivity contribution in [2.45, 2.75) is 45.6 Å². The first-order chi connectivity index (χ1) is 12.4. The van der Waals surface area contributed by atoms with E-state index in [4.69, 9.17) is 4.98 Å². The maximum atomic E-state index is 13.3. The predicted molar refractivity (Wildman–Crippen MR) is 110 cm³/mol. The van der Waals surface area contributed by atoms with E-state index in [9.17, 15) is 4.79 Å². The topological polar surface area (TPSA) is 42.0 Å². The van der Waals surface area contributed by atoms with Crippen LogP contribution >= 0.6 is 11.3 Å². The van der Waals surface area contributed by atoms with Crippen molar-refractivity contribution in [3.8, 4) is 0 Å². The van der Waals surface area contributed by atoms with Crippen LogP contribution in [-0.2, 0) is 16.6 Å². The number of benzene rings is 2. The van der Waals surface area contributed by atoms with Crippen molar-refractivity contribution in [1.29, 1.82) is 0 Å². The van der Waals surface area contributed by atoms with Gasteiger partial charge in [0.15, 0.2) is 0 Å². The summed E-state index contributed by atoms with van der Waals surface area (Å²) in [6.07, 6.45) is 0.590. The zero-order chi connectivity index (χ0) is 18.7. The lowest BCUT2D eigenvalue weighted by Gasteiger charge is -2.31. The molecule has 0 fully saturated rings. The van der Waals surface area contributed by atoms with Gasteiger partial charge in [-0.15, -0.1) is 11.3 Å². The summed E-state index contributed by atoms with van der Waals surface area (Å²) < 4.78 is 1.16. The number of para-hydroxylation sites is 1. The van der Waals surface area contributed by atoms with Gasteiger partial charge in [0.2, 0.25) is 5.91 Å². The number of nitrogens with one attached hydrogen (secondary N) is 1. The Morgan fingerprint density at radius 3 is 2.38 bits per heavy atom. The number of thiazole rings is 1. The molecule has 0 saturated heterocycles. The van der Waals surface area contributed by atoms with Crippen LogP contribution in [0.1, 0.15) is 38.3 Å². The van der Waals surface area contributed by atoms with Crippen LogP contribution in [0.25, 0.3) is 10.2 Å². The number of carbonyl (C=O) groups is 1. The molecule has 2 atom stereocenters. The standard InChI is InChI=1S/C22H26N2OS/c1-15(2)16(3)23-21(25)22(4,17-10-6-5-7-11-17)14-20-24-18-12-8-9-13-19(18)26-20/h5-13,15-16H,14H2,1-4H3,(H,23,25). The van der Waals surface area contributed by atoms with Crippen LogP contribution in [0, 0.1) is 5.92 Å². The molecule has 0 aliphatic rings. The normalized spacial score (nSPS) is 15.0. The van der Waals surface area contributed by atoms with Gasteiger partial charge in [-0.2, -0.15) is 0 Å². The summed E-state index contributed by atoms with van der Waals surface area (Å²) in [5.41, 5.74) is 1.37. The summed E-state index contributed by atoms with van der Waals surface area (Å²) in [6.45, 7) is 8.33. The molecule has 136 valence electrons. The highest BCUT2D eigenvalue weighted by Crippen LogP contribution is 2.32. The van der Waals surface area contributed by atoms with Gasteiger partial charge in [-0.3, -0.25) is 4.79 Å². The van der Waals surface area contributed by atoms with Crippen LogP contribution in [0.4, 0.5) is 0 Å². The van der Waals surface area contributed by atoms with E-state index in [2.05, 4.69) is 32.2 Å². The molecule has 0 spiro atoms. The summed E-state index contributed by atoms with van der Waals surface area (Å²) >= 11 is 1.67. The molecule has 4 heteroatoms. The lowest BCUT2D eigenvalue weighted by molar-refractivity contribution is -0.127. The lowest BCUT2D eigenvalue weighted by Crippen LogP contribution is -2.48. The van der Waals surface area contributed by atoms with Gasteiger partial charge < -0.3 is 5.32 Å². The fraction of sp³-hybridized carbons (Fsp3) is 0.364. The van der Waals surface area contributed by atoms with E-state index < -0.39 is 5.41 Å². The van der Waals surface area contributed by atoms with E-state index in [-0.39, 0.29) is 11.9 Å².